The summed E-state index contributed by atoms with van der Waals surface area (Å²) in [4.78, 5) is 0. The smallest absolute Gasteiger partial charge is 0.0662 e. The van der Waals surface area contributed by atoms with E-state index < -0.39 is 0 Å². The molecule has 0 bridgehead atoms. The Hall–Kier alpha value is -0.870. The molecule has 0 spiro atoms. The largest absolute Gasteiger partial charge is 0.380 e. The summed E-state index contributed by atoms with van der Waals surface area (Å²) in [6.45, 7) is 7.67. The molecular weight excluding hydrogens is 214 g/mol. The van der Waals surface area contributed by atoms with Crippen LogP contribution >= 0.6 is 0 Å². The van der Waals surface area contributed by atoms with Crippen molar-refractivity contribution < 1.29 is 4.74 Å². The average molecular weight is 237 g/mol. The van der Waals surface area contributed by atoms with Crippen LogP contribution < -0.4 is 5.32 Å². The maximum atomic E-state index is 5.48. The highest BCUT2D eigenvalue weighted by Gasteiger charge is 2.20. The lowest BCUT2D eigenvalue weighted by atomic mass is 10.2. The van der Waals surface area contributed by atoms with Crippen molar-refractivity contribution in [3.63, 3.8) is 0 Å². The number of ether oxygens (including phenoxy) is 1. The predicted octanol–water partition coefficient (Wildman–Crippen LogP) is 1.87. The minimum atomic E-state index is 0.755. The zero-order valence-electron chi connectivity index (χ0n) is 10.9. The highest BCUT2D eigenvalue weighted by atomic mass is 16.5. The maximum absolute atomic E-state index is 5.48. The van der Waals surface area contributed by atoms with Crippen molar-refractivity contribution in [2.45, 2.75) is 52.2 Å². The van der Waals surface area contributed by atoms with E-state index in [0.717, 1.165) is 38.8 Å². The van der Waals surface area contributed by atoms with Crippen LogP contribution in [-0.2, 0) is 17.8 Å². The first-order valence-corrected chi connectivity index (χ1v) is 6.63. The lowest BCUT2D eigenvalue weighted by Crippen LogP contribution is -2.16. The van der Waals surface area contributed by atoms with Crippen molar-refractivity contribution in [2.75, 3.05) is 13.2 Å². The fourth-order valence-electron chi connectivity index (χ4n) is 1.82. The molecule has 96 valence electrons. The highest BCUT2D eigenvalue weighted by Crippen LogP contribution is 2.19. The molecule has 1 saturated carbocycles. The normalized spacial score (nSPS) is 15.4. The number of rotatable bonds is 8. The molecule has 1 fully saturated rings. The van der Waals surface area contributed by atoms with Gasteiger partial charge in [0, 0.05) is 30.5 Å². The summed E-state index contributed by atoms with van der Waals surface area (Å²) >= 11 is 0. The molecule has 0 aromatic carbocycles. The summed E-state index contributed by atoms with van der Waals surface area (Å²) in [6.07, 6.45) is 5.72. The van der Waals surface area contributed by atoms with Crippen LogP contribution in [0.5, 0.6) is 0 Å². The van der Waals surface area contributed by atoms with Gasteiger partial charge in [0.1, 0.15) is 0 Å². The lowest BCUT2D eigenvalue weighted by molar-refractivity contribution is 0.124. The molecule has 4 heteroatoms. The zero-order valence-corrected chi connectivity index (χ0v) is 10.9. The van der Waals surface area contributed by atoms with E-state index in [0.29, 0.717) is 0 Å². The van der Waals surface area contributed by atoms with Crippen molar-refractivity contribution >= 4 is 0 Å². The number of aromatic nitrogens is 2. The first-order valence-electron chi connectivity index (χ1n) is 6.63. The van der Waals surface area contributed by atoms with Crippen LogP contribution in [0.25, 0.3) is 0 Å². The molecule has 1 aliphatic rings. The molecule has 2 rings (SSSR count). The van der Waals surface area contributed by atoms with Crippen molar-refractivity contribution in [2.24, 2.45) is 0 Å². The van der Waals surface area contributed by atoms with Crippen molar-refractivity contribution in [3.8, 4) is 0 Å². The third-order valence-corrected chi connectivity index (χ3v) is 3.16. The van der Waals surface area contributed by atoms with Gasteiger partial charge in [-0.2, -0.15) is 5.10 Å². The Morgan fingerprint density at radius 1 is 1.47 bits per heavy atom. The van der Waals surface area contributed by atoms with Gasteiger partial charge in [-0.05, 0) is 26.2 Å². The Labute approximate surface area is 103 Å². The van der Waals surface area contributed by atoms with Gasteiger partial charge in [0.25, 0.3) is 0 Å². The van der Waals surface area contributed by atoms with E-state index in [1.807, 2.05) is 10.9 Å². The molecule has 0 radical (unpaired) electrons. The average Bonchev–Trinajstić information content (AvgIpc) is 3.09. The van der Waals surface area contributed by atoms with E-state index in [1.165, 1.54) is 24.1 Å². The molecule has 1 aliphatic carbocycles. The Morgan fingerprint density at radius 3 is 3.00 bits per heavy atom. The molecule has 17 heavy (non-hydrogen) atoms. The van der Waals surface area contributed by atoms with Gasteiger partial charge in [0.05, 0.1) is 19.3 Å². The van der Waals surface area contributed by atoms with Crippen LogP contribution in [0.1, 0.15) is 37.4 Å². The topological polar surface area (TPSA) is 39.1 Å². The van der Waals surface area contributed by atoms with Gasteiger partial charge in [-0.15, -0.1) is 0 Å². The third kappa shape index (κ3) is 3.82. The molecule has 1 heterocycles. The quantitative estimate of drug-likeness (QED) is 0.702. The molecule has 0 atom stereocenters. The van der Waals surface area contributed by atoms with Gasteiger partial charge in [0.15, 0.2) is 0 Å². The SMILES string of the molecule is CCCOCCn1ncc(CNC2CC2)c1C. The van der Waals surface area contributed by atoms with Gasteiger partial charge in [-0.1, -0.05) is 6.92 Å². The molecule has 0 unspecified atom stereocenters. The van der Waals surface area contributed by atoms with Crippen LogP contribution in [-0.4, -0.2) is 29.0 Å². The van der Waals surface area contributed by atoms with Gasteiger partial charge in [0.2, 0.25) is 0 Å². The molecule has 0 saturated heterocycles. The Morgan fingerprint density at radius 2 is 2.29 bits per heavy atom. The van der Waals surface area contributed by atoms with Crippen LogP contribution in [0.3, 0.4) is 0 Å². The summed E-state index contributed by atoms with van der Waals surface area (Å²) in [7, 11) is 0. The fourth-order valence-corrected chi connectivity index (χ4v) is 1.82. The molecule has 0 amide bonds. The third-order valence-electron chi connectivity index (χ3n) is 3.16. The number of hydrogen-bond acceptors (Lipinski definition) is 3. The summed E-state index contributed by atoms with van der Waals surface area (Å²) in [5.74, 6) is 0. The second kappa shape index (κ2) is 6.17. The van der Waals surface area contributed by atoms with Crippen molar-refractivity contribution in [1.82, 2.24) is 15.1 Å². The van der Waals surface area contributed by atoms with Gasteiger partial charge < -0.3 is 10.1 Å². The van der Waals surface area contributed by atoms with Crippen LogP contribution in [0.2, 0.25) is 0 Å². The summed E-state index contributed by atoms with van der Waals surface area (Å²) in [5, 5.41) is 7.93. The predicted molar refractivity (Wildman–Crippen MR) is 67.9 cm³/mol. The van der Waals surface area contributed by atoms with Gasteiger partial charge >= 0.3 is 0 Å². The van der Waals surface area contributed by atoms with Crippen molar-refractivity contribution in [3.05, 3.63) is 17.5 Å². The standard InChI is InChI=1S/C13H23N3O/c1-3-7-17-8-6-16-11(2)12(10-15-16)9-14-13-4-5-13/h10,13-14H,3-9H2,1-2H3. The minimum Gasteiger partial charge on any atom is -0.380 e. The van der Waals surface area contributed by atoms with Crippen LogP contribution in [0.15, 0.2) is 6.20 Å². The number of hydrogen-bond donors (Lipinski definition) is 1. The fraction of sp³-hybridized carbons (Fsp3) is 0.769. The summed E-state index contributed by atoms with van der Waals surface area (Å²) < 4.78 is 7.52. The minimum absolute atomic E-state index is 0.755. The van der Waals surface area contributed by atoms with Crippen LogP contribution in [0.4, 0.5) is 0 Å². The van der Waals surface area contributed by atoms with E-state index in [2.05, 4.69) is 24.3 Å². The molecule has 1 N–H and O–H groups in total. The Balaban J connectivity index is 1.76. The van der Waals surface area contributed by atoms with E-state index in [-0.39, 0.29) is 0 Å². The van der Waals surface area contributed by atoms with Gasteiger partial charge in [-0.25, -0.2) is 0 Å². The Kier molecular flexibility index (Phi) is 4.57. The molecule has 1 aromatic heterocycles. The molecule has 4 nitrogen and oxygen atoms in total. The molecule has 0 aliphatic heterocycles. The lowest BCUT2D eigenvalue weighted by Gasteiger charge is -2.06. The van der Waals surface area contributed by atoms with Crippen molar-refractivity contribution in [1.29, 1.82) is 0 Å². The summed E-state index contributed by atoms with van der Waals surface area (Å²) in [6, 6.07) is 0.755. The van der Waals surface area contributed by atoms with E-state index >= 15 is 0 Å². The second-order valence-corrected chi connectivity index (χ2v) is 4.75. The number of nitrogens with one attached hydrogen (secondary N) is 1. The monoisotopic (exact) mass is 237 g/mol. The van der Waals surface area contributed by atoms with Crippen LogP contribution in [0, 0.1) is 6.92 Å². The number of nitrogens with zero attached hydrogens (tertiary/aromatic N) is 2. The van der Waals surface area contributed by atoms with E-state index in [9.17, 15) is 0 Å². The zero-order chi connectivity index (χ0) is 12.1. The highest BCUT2D eigenvalue weighted by molar-refractivity contribution is 5.16. The summed E-state index contributed by atoms with van der Waals surface area (Å²) in [5.41, 5.74) is 2.57. The van der Waals surface area contributed by atoms with E-state index in [1.54, 1.807) is 0 Å². The molecule has 1 aromatic rings. The first-order chi connectivity index (χ1) is 8.31. The Bertz CT molecular complexity index is 344. The maximum Gasteiger partial charge on any atom is 0.0662 e. The van der Waals surface area contributed by atoms with Gasteiger partial charge in [-0.3, -0.25) is 4.68 Å². The van der Waals surface area contributed by atoms with E-state index in [4.69, 9.17) is 4.74 Å². The molecular formula is C13H23N3O. The second-order valence-electron chi connectivity index (χ2n) is 4.75. The first kappa shape index (κ1) is 12.6.